The van der Waals surface area contributed by atoms with Crippen molar-refractivity contribution >= 4 is 11.8 Å². The standard InChI is InChI=1S/C23H18N4O5/c1-30-23(29)14-5-7-16(8-6-14)31-9-10-32-17-4-2-3-15(11-17)20-18(12-24)21(26)27-22(28)19(20)13-25/h2-8,11H,9-10H2,1H3,(H3,26,27,28). The van der Waals surface area contributed by atoms with Gasteiger partial charge in [-0.1, -0.05) is 12.1 Å². The largest absolute Gasteiger partial charge is 0.490 e. The highest BCUT2D eigenvalue weighted by atomic mass is 16.5. The maximum Gasteiger partial charge on any atom is 0.337 e. The first-order chi connectivity index (χ1) is 15.5. The average molecular weight is 430 g/mol. The molecule has 3 aromatic rings. The van der Waals surface area contributed by atoms with Crippen molar-refractivity contribution in [3.8, 4) is 34.8 Å². The van der Waals surface area contributed by atoms with Crippen LogP contribution >= 0.6 is 0 Å². The Balaban J connectivity index is 1.71. The van der Waals surface area contributed by atoms with Gasteiger partial charge in [-0.25, -0.2) is 4.79 Å². The number of nitrogens with two attached hydrogens (primary N) is 1. The Morgan fingerprint density at radius 3 is 2.28 bits per heavy atom. The molecule has 0 aliphatic heterocycles. The maximum absolute atomic E-state index is 12.1. The van der Waals surface area contributed by atoms with E-state index >= 15 is 0 Å². The van der Waals surface area contributed by atoms with E-state index in [4.69, 9.17) is 15.2 Å². The van der Waals surface area contributed by atoms with E-state index in [0.717, 1.165) is 0 Å². The number of pyridine rings is 1. The number of methoxy groups -OCH3 is 1. The van der Waals surface area contributed by atoms with Crippen molar-refractivity contribution in [1.82, 2.24) is 4.98 Å². The van der Waals surface area contributed by atoms with Gasteiger partial charge < -0.3 is 24.9 Å². The number of nitrogens with one attached hydrogen (secondary N) is 1. The van der Waals surface area contributed by atoms with E-state index in [9.17, 15) is 20.1 Å². The van der Waals surface area contributed by atoms with Crippen LogP contribution in [0.1, 0.15) is 21.5 Å². The number of nitrogens with zero attached hydrogens (tertiary/aromatic N) is 2. The second-order valence-electron chi connectivity index (χ2n) is 6.46. The van der Waals surface area contributed by atoms with Crippen molar-refractivity contribution < 1.29 is 19.0 Å². The molecule has 0 atom stereocenters. The minimum absolute atomic E-state index is 0.0111. The molecule has 2 aromatic carbocycles. The van der Waals surface area contributed by atoms with Gasteiger partial charge in [-0.05, 0) is 42.0 Å². The fourth-order valence-electron chi connectivity index (χ4n) is 3.00. The number of benzene rings is 2. The molecule has 0 spiro atoms. The quantitative estimate of drug-likeness (QED) is 0.429. The van der Waals surface area contributed by atoms with Gasteiger partial charge in [0.25, 0.3) is 5.56 Å². The summed E-state index contributed by atoms with van der Waals surface area (Å²) in [6, 6.07) is 16.9. The topological polar surface area (TPSA) is 151 Å². The van der Waals surface area contributed by atoms with Crippen molar-refractivity contribution in [3.05, 3.63) is 75.6 Å². The molecule has 0 aliphatic carbocycles. The van der Waals surface area contributed by atoms with Crippen molar-refractivity contribution in [3.63, 3.8) is 0 Å². The van der Waals surface area contributed by atoms with E-state index in [1.807, 2.05) is 12.1 Å². The molecule has 9 nitrogen and oxygen atoms in total. The summed E-state index contributed by atoms with van der Waals surface area (Å²) in [6.45, 7) is 0.433. The van der Waals surface area contributed by atoms with E-state index in [0.29, 0.717) is 22.6 Å². The molecular formula is C23H18N4O5. The van der Waals surface area contributed by atoms with Crippen LogP contribution in [-0.2, 0) is 4.74 Å². The molecule has 0 bridgehead atoms. The molecule has 1 aromatic heterocycles. The Kier molecular flexibility index (Phi) is 6.74. The summed E-state index contributed by atoms with van der Waals surface area (Å²) >= 11 is 0. The molecule has 0 aliphatic rings. The fourth-order valence-corrected chi connectivity index (χ4v) is 3.00. The highest BCUT2D eigenvalue weighted by molar-refractivity contribution is 5.89. The lowest BCUT2D eigenvalue weighted by atomic mass is 9.96. The number of aromatic amines is 1. The van der Waals surface area contributed by atoms with Crippen LogP contribution in [0.2, 0.25) is 0 Å². The zero-order chi connectivity index (χ0) is 23.1. The van der Waals surface area contributed by atoms with Crippen molar-refractivity contribution in [2.45, 2.75) is 0 Å². The number of nitrogen functional groups attached to an aromatic ring is 1. The number of rotatable bonds is 7. The first-order valence-corrected chi connectivity index (χ1v) is 9.38. The minimum atomic E-state index is -0.670. The summed E-state index contributed by atoms with van der Waals surface area (Å²) in [7, 11) is 1.31. The number of aromatic nitrogens is 1. The van der Waals surface area contributed by atoms with Gasteiger partial charge in [-0.3, -0.25) is 4.79 Å². The Morgan fingerprint density at radius 1 is 1.00 bits per heavy atom. The van der Waals surface area contributed by atoms with E-state index < -0.39 is 11.5 Å². The fraction of sp³-hybridized carbons (Fsp3) is 0.130. The van der Waals surface area contributed by atoms with Gasteiger partial charge in [0.1, 0.15) is 53.8 Å². The normalized spacial score (nSPS) is 9.97. The van der Waals surface area contributed by atoms with Gasteiger partial charge in [0.2, 0.25) is 0 Å². The van der Waals surface area contributed by atoms with Crippen LogP contribution in [0.15, 0.2) is 53.3 Å². The number of nitriles is 2. The third kappa shape index (κ3) is 4.69. The number of esters is 1. The number of carbonyl (C=O) groups excluding carboxylic acids is 1. The second kappa shape index (κ2) is 9.83. The first kappa shape index (κ1) is 21.9. The highest BCUT2D eigenvalue weighted by Gasteiger charge is 2.18. The maximum atomic E-state index is 12.1. The zero-order valence-electron chi connectivity index (χ0n) is 17.0. The monoisotopic (exact) mass is 430 g/mol. The smallest absolute Gasteiger partial charge is 0.337 e. The number of H-pyrrole nitrogens is 1. The average Bonchev–Trinajstić information content (AvgIpc) is 2.81. The van der Waals surface area contributed by atoms with Crippen LogP contribution in [0.5, 0.6) is 11.5 Å². The molecule has 0 saturated heterocycles. The molecule has 160 valence electrons. The van der Waals surface area contributed by atoms with Crippen LogP contribution in [-0.4, -0.2) is 31.3 Å². The third-order valence-electron chi connectivity index (χ3n) is 4.49. The highest BCUT2D eigenvalue weighted by Crippen LogP contribution is 2.30. The molecule has 0 radical (unpaired) electrons. The third-order valence-corrected chi connectivity index (χ3v) is 4.49. The lowest BCUT2D eigenvalue weighted by Gasteiger charge is -2.12. The molecule has 1 heterocycles. The summed E-state index contributed by atoms with van der Waals surface area (Å²) in [5, 5.41) is 18.8. The summed E-state index contributed by atoms with van der Waals surface area (Å²) in [5.74, 6) is 0.482. The molecule has 3 rings (SSSR count). The van der Waals surface area contributed by atoms with E-state index in [-0.39, 0.29) is 35.7 Å². The van der Waals surface area contributed by atoms with E-state index in [1.54, 1.807) is 48.5 Å². The number of carbonyl (C=O) groups is 1. The van der Waals surface area contributed by atoms with Gasteiger partial charge in [-0.15, -0.1) is 0 Å². The Morgan fingerprint density at radius 2 is 1.66 bits per heavy atom. The predicted molar refractivity (Wildman–Crippen MR) is 115 cm³/mol. The minimum Gasteiger partial charge on any atom is -0.490 e. The molecule has 3 N–H and O–H groups in total. The zero-order valence-corrected chi connectivity index (χ0v) is 17.0. The van der Waals surface area contributed by atoms with Crippen molar-refractivity contribution in [1.29, 1.82) is 10.5 Å². The van der Waals surface area contributed by atoms with Gasteiger partial charge in [0, 0.05) is 5.56 Å². The van der Waals surface area contributed by atoms with E-state index in [1.165, 1.54) is 7.11 Å². The Hall–Kier alpha value is -4.76. The van der Waals surface area contributed by atoms with E-state index in [2.05, 4.69) is 9.72 Å². The predicted octanol–water partition coefficient (Wildman–Crippen LogP) is 2.61. The van der Waals surface area contributed by atoms with Crippen LogP contribution in [0.4, 0.5) is 5.82 Å². The molecule has 0 fully saturated rings. The number of anilines is 1. The molecule has 0 saturated carbocycles. The summed E-state index contributed by atoms with van der Waals surface area (Å²) in [5.41, 5.74) is 5.92. The van der Waals surface area contributed by atoms with Crippen LogP contribution in [0, 0.1) is 22.7 Å². The van der Waals surface area contributed by atoms with Crippen molar-refractivity contribution in [2.75, 3.05) is 26.1 Å². The lowest BCUT2D eigenvalue weighted by Crippen LogP contribution is -2.16. The van der Waals surface area contributed by atoms with Gasteiger partial charge >= 0.3 is 5.97 Å². The van der Waals surface area contributed by atoms with Crippen LogP contribution in [0.3, 0.4) is 0 Å². The van der Waals surface area contributed by atoms with Crippen molar-refractivity contribution in [2.24, 2.45) is 0 Å². The Bertz CT molecular complexity index is 1280. The number of ether oxygens (including phenoxy) is 3. The summed E-state index contributed by atoms with van der Waals surface area (Å²) in [4.78, 5) is 25.9. The molecule has 0 amide bonds. The summed E-state index contributed by atoms with van der Waals surface area (Å²) in [6.07, 6.45) is 0. The SMILES string of the molecule is COC(=O)c1ccc(OCCOc2cccc(-c3c(C#N)c(N)[nH]c(=O)c3C#N)c2)cc1. The molecule has 32 heavy (non-hydrogen) atoms. The van der Waals surface area contributed by atoms with Crippen LogP contribution in [0.25, 0.3) is 11.1 Å². The number of hydrogen-bond donors (Lipinski definition) is 2. The van der Waals surface area contributed by atoms with Gasteiger partial charge in [-0.2, -0.15) is 10.5 Å². The summed E-state index contributed by atoms with van der Waals surface area (Å²) < 4.78 is 15.9. The first-order valence-electron chi connectivity index (χ1n) is 9.38. The Labute approximate surface area is 183 Å². The molecular weight excluding hydrogens is 412 g/mol. The van der Waals surface area contributed by atoms with Gasteiger partial charge in [0.05, 0.1) is 12.7 Å². The molecule has 0 unspecified atom stereocenters. The molecule has 9 heteroatoms. The number of hydrogen-bond acceptors (Lipinski definition) is 8. The second-order valence-corrected chi connectivity index (χ2v) is 6.46. The van der Waals surface area contributed by atoms with Crippen LogP contribution < -0.4 is 20.8 Å². The lowest BCUT2D eigenvalue weighted by molar-refractivity contribution is 0.0600. The van der Waals surface area contributed by atoms with Gasteiger partial charge in [0.15, 0.2) is 0 Å².